The van der Waals surface area contributed by atoms with Crippen molar-refractivity contribution >= 4 is 0 Å². The molecule has 0 amide bonds. The molecule has 0 aromatic carbocycles. The molecule has 3 nitrogen and oxygen atoms in total. The third-order valence-electron chi connectivity index (χ3n) is 1.78. The lowest BCUT2D eigenvalue weighted by Crippen LogP contribution is -2.38. The molecule has 0 radical (unpaired) electrons. The van der Waals surface area contributed by atoms with Gasteiger partial charge in [-0.1, -0.05) is 6.07 Å². The molecule has 2 rings (SSSR count). The molecule has 1 fully saturated rings. The molecule has 0 bridgehead atoms. The van der Waals surface area contributed by atoms with Crippen LogP contribution in [-0.4, -0.2) is 24.3 Å². The van der Waals surface area contributed by atoms with Gasteiger partial charge in [-0.2, -0.15) is 0 Å². The van der Waals surface area contributed by atoms with E-state index in [0.29, 0.717) is 19.1 Å². The molecule has 0 unspecified atom stereocenters. The molecule has 0 spiro atoms. The predicted molar refractivity (Wildman–Crippen MR) is 44.2 cm³/mol. The minimum absolute atomic E-state index is 0.209. The van der Waals surface area contributed by atoms with Crippen molar-refractivity contribution in [1.82, 2.24) is 4.98 Å². The van der Waals surface area contributed by atoms with Crippen LogP contribution in [0, 0.1) is 6.92 Å². The zero-order valence-corrected chi connectivity index (χ0v) is 6.99. The van der Waals surface area contributed by atoms with Crippen LogP contribution >= 0.6 is 0 Å². The summed E-state index contributed by atoms with van der Waals surface area (Å²) in [7, 11) is 0. The minimum Gasteiger partial charge on any atom is -0.469 e. The lowest BCUT2D eigenvalue weighted by atomic mass is 10.3. The van der Waals surface area contributed by atoms with Crippen LogP contribution in [0.2, 0.25) is 0 Å². The average molecular weight is 165 g/mol. The minimum atomic E-state index is 0.209. The first-order valence-corrected chi connectivity index (χ1v) is 4.01. The van der Waals surface area contributed by atoms with E-state index in [1.54, 1.807) is 6.20 Å². The van der Waals surface area contributed by atoms with Crippen molar-refractivity contribution in [3.8, 4) is 5.88 Å². The molecule has 2 heterocycles. The number of hydrogen-bond acceptors (Lipinski definition) is 3. The van der Waals surface area contributed by atoms with Gasteiger partial charge in [-0.15, -0.1) is 0 Å². The van der Waals surface area contributed by atoms with Crippen LogP contribution < -0.4 is 4.74 Å². The highest BCUT2D eigenvalue weighted by atomic mass is 16.6. The smallest absolute Gasteiger partial charge is 0.213 e. The lowest BCUT2D eigenvalue weighted by molar-refractivity contribution is -0.0813. The van der Waals surface area contributed by atoms with Gasteiger partial charge in [0.2, 0.25) is 5.88 Å². The summed E-state index contributed by atoms with van der Waals surface area (Å²) in [5, 5.41) is 0. The van der Waals surface area contributed by atoms with E-state index in [2.05, 4.69) is 4.98 Å². The second kappa shape index (κ2) is 3.11. The van der Waals surface area contributed by atoms with Crippen molar-refractivity contribution < 1.29 is 9.47 Å². The number of aromatic nitrogens is 1. The number of pyridine rings is 1. The van der Waals surface area contributed by atoms with Crippen LogP contribution in [0.5, 0.6) is 5.88 Å². The van der Waals surface area contributed by atoms with Gasteiger partial charge in [-0.25, -0.2) is 4.98 Å². The maximum atomic E-state index is 5.47. The molecule has 1 aliphatic heterocycles. The Labute approximate surface area is 71.3 Å². The van der Waals surface area contributed by atoms with Crippen LogP contribution in [0.15, 0.2) is 18.3 Å². The van der Waals surface area contributed by atoms with E-state index in [4.69, 9.17) is 9.47 Å². The summed E-state index contributed by atoms with van der Waals surface area (Å²) in [4.78, 5) is 4.12. The highest BCUT2D eigenvalue weighted by molar-refractivity contribution is 5.16. The average Bonchev–Trinajstić information content (AvgIpc) is 2.00. The van der Waals surface area contributed by atoms with Crippen LogP contribution in [-0.2, 0) is 4.74 Å². The van der Waals surface area contributed by atoms with Gasteiger partial charge in [0.15, 0.2) is 0 Å². The van der Waals surface area contributed by atoms with E-state index in [1.165, 1.54) is 0 Å². The fourth-order valence-electron chi connectivity index (χ4n) is 0.977. The van der Waals surface area contributed by atoms with E-state index < -0.39 is 0 Å². The van der Waals surface area contributed by atoms with Crippen molar-refractivity contribution in [2.75, 3.05) is 13.2 Å². The molecule has 12 heavy (non-hydrogen) atoms. The van der Waals surface area contributed by atoms with Gasteiger partial charge in [-0.3, -0.25) is 0 Å². The summed E-state index contributed by atoms with van der Waals surface area (Å²) < 4.78 is 10.4. The predicted octanol–water partition coefficient (Wildman–Crippen LogP) is 1.17. The van der Waals surface area contributed by atoms with E-state index in [9.17, 15) is 0 Å². The maximum Gasteiger partial charge on any atom is 0.213 e. The van der Waals surface area contributed by atoms with Gasteiger partial charge in [-0.05, 0) is 12.5 Å². The number of nitrogens with zero attached hydrogens (tertiary/aromatic N) is 1. The van der Waals surface area contributed by atoms with Gasteiger partial charge in [0.1, 0.15) is 6.10 Å². The van der Waals surface area contributed by atoms with E-state index in [0.717, 1.165) is 5.56 Å². The van der Waals surface area contributed by atoms with Crippen molar-refractivity contribution in [2.24, 2.45) is 0 Å². The van der Waals surface area contributed by atoms with Crippen molar-refractivity contribution in [3.05, 3.63) is 23.9 Å². The normalized spacial score (nSPS) is 17.1. The molecule has 1 aliphatic rings. The Hall–Kier alpha value is -1.09. The zero-order chi connectivity index (χ0) is 8.39. The fraction of sp³-hybridized carbons (Fsp3) is 0.444. The summed E-state index contributed by atoms with van der Waals surface area (Å²) in [6, 6.07) is 3.87. The first-order valence-electron chi connectivity index (χ1n) is 4.01. The summed E-state index contributed by atoms with van der Waals surface area (Å²) in [6.45, 7) is 3.38. The maximum absolute atomic E-state index is 5.47. The molecular weight excluding hydrogens is 154 g/mol. The highest BCUT2D eigenvalue weighted by Crippen LogP contribution is 2.12. The van der Waals surface area contributed by atoms with Crippen LogP contribution in [0.25, 0.3) is 0 Å². The Morgan fingerprint density at radius 1 is 1.50 bits per heavy atom. The third kappa shape index (κ3) is 1.56. The third-order valence-corrected chi connectivity index (χ3v) is 1.78. The van der Waals surface area contributed by atoms with Crippen LogP contribution in [0.3, 0.4) is 0 Å². The molecule has 1 aromatic heterocycles. The van der Waals surface area contributed by atoms with Gasteiger partial charge in [0.05, 0.1) is 13.2 Å². The highest BCUT2D eigenvalue weighted by Gasteiger charge is 2.20. The number of aryl methyl sites for hydroxylation is 1. The molecule has 1 saturated heterocycles. The molecule has 64 valence electrons. The molecule has 0 saturated carbocycles. The Kier molecular flexibility index (Phi) is 1.96. The van der Waals surface area contributed by atoms with Crippen molar-refractivity contribution in [3.63, 3.8) is 0 Å². The van der Waals surface area contributed by atoms with E-state index in [-0.39, 0.29) is 6.10 Å². The monoisotopic (exact) mass is 165 g/mol. The molecule has 1 aromatic rings. The first kappa shape index (κ1) is 7.55. The quantitative estimate of drug-likeness (QED) is 0.659. The summed E-state index contributed by atoms with van der Waals surface area (Å²) in [5.74, 6) is 0.689. The summed E-state index contributed by atoms with van der Waals surface area (Å²) in [5.41, 5.74) is 1.15. The molecule has 0 aliphatic carbocycles. The number of hydrogen-bond donors (Lipinski definition) is 0. The molecule has 0 atom stereocenters. The number of rotatable bonds is 2. The van der Waals surface area contributed by atoms with Gasteiger partial charge >= 0.3 is 0 Å². The SMILES string of the molecule is Cc1ccc(OC2COC2)nc1. The van der Waals surface area contributed by atoms with Gasteiger partial charge in [0.25, 0.3) is 0 Å². The second-order valence-electron chi connectivity index (χ2n) is 2.95. The molecular formula is C9H11NO2. The summed E-state index contributed by atoms with van der Waals surface area (Å²) in [6.07, 6.45) is 2.01. The van der Waals surface area contributed by atoms with Gasteiger partial charge < -0.3 is 9.47 Å². The first-order chi connectivity index (χ1) is 5.84. The van der Waals surface area contributed by atoms with Gasteiger partial charge in [0, 0.05) is 12.3 Å². The van der Waals surface area contributed by atoms with Crippen LogP contribution in [0.4, 0.5) is 0 Å². The molecule has 3 heteroatoms. The largest absolute Gasteiger partial charge is 0.469 e. The Bertz CT molecular complexity index is 254. The molecule has 0 N–H and O–H groups in total. The zero-order valence-electron chi connectivity index (χ0n) is 6.99. The summed E-state index contributed by atoms with van der Waals surface area (Å²) >= 11 is 0. The van der Waals surface area contributed by atoms with Crippen LogP contribution in [0.1, 0.15) is 5.56 Å². The topological polar surface area (TPSA) is 31.4 Å². The number of ether oxygens (including phenoxy) is 2. The Balaban J connectivity index is 1.98. The Morgan fingerprint density at radius 2 is 2.33 bits per heavy atom. The Morgan fingerprint density at radius 3 is 2.83 bits per heavy atom. The lowest BCUT2D eigenvalue weighted by Gasteiger charge is -2.25. The van der Waals surface area contributed by atoms with E-state index in [1.807, 2.05) is 19.1 Å². The fourth-order valence-corrected chi connectivity index (χ4v) is 0.977. The standard InChI is InChI=1S/C9H11NO2/c1-7-2-3-9(10-4-7)12-8-5-11-6-8/h2-4,8H,5-6H2,1H3. The van der Waals surface area contributed by atoms with Crippen molar-refractivity contribution in [2.45, 2.75) is 13.0 Å². The second-order valence-corrected chi connectivity index (χ2v) is 2.95. The van der Waals surface area contributed by atoms with Crippen molar-refractivity contribution in [1.29, 1.82) is 0 Å². The van der Waals surface area contributed by atoms with E-state index >= 15 is 0 Å².